The van der Waals surface area contributed by atoms with Crippen LogP contribution in [0.15, 0.2) is 36.4 Å². The van der Waals surface area contributed by atoms with E-state index in [4.69, 9.17) is 14.2 Å². The predicted molar refractivity (Wildman–Crippen MR) is 97.2 cm³/mol. The number of ether oxygens (including phenoxy) is 3. The molecule has 0 bridgehead atoms. The Hall–Kier alpha value is -2.97. The minimum absolute atomic E-state index is 0.0693. The maximum Gasteiger partial charge on any atom is 0.312 e. The van der Waals surface area contributed by atoms with Gasteiger partial charge in [-0.25, -0.2) is 0 Å². The summed E-state index contributed by atoms with van der Waals surface area (Å²) < 4.78 is 15.2. The summed E-state index contributed by atoms with van der Waals surface area (Å²) in [5.74, 6) is -2.22. The summed E-state index contributed by atoms with van der Waals surface area (Å²) >= 11 is 0. The molecule has 2 aromatic carbocycles. The van der Waals surface area contributed by atoms with E-state index >= 15 is 0 Å². The van der Waals surface area contributed by atoms with Crippen LogP contribution in [0.25, 0.3) is 0 Å². The minimum Gasteiger partial charge on any atom is -0.504 e. The van der Waals surface area contributed by atoms with E-state index in [1.54, 1.807) is 0 Å². The van der Waals surface area contributed by atoms with Crippen LogP contribution in [0, 0.1) is 11.8 Å². The van der Waals surface area contributed by atoms with Gasteiger partial charge in [0.15, 0.2) is 23.0 Å². The number of phenolic OH excluding ortho intramolecular Hbond substituents is 2. The number of hydrogen-bond acceptors (Lipinski definition) is 8. The van der Waals surface area contributed by atoms with Crippen molar-refractivity contribution in [3.8, 4) is 23.0 Å². The van der Waals surface area contributed by atoms with Crippen molar-refractivity contribution in [2.75, 3.05) is 20.8 Å². The fourth-order valence-corrected chi connectivity index (χ4v) is 3.41. The SMILES string of the molecule is COc1cc(C(O)C2COC(=O)C2C(O)c2ccc(O)c(OC)c2)ccc1O. The van der Waals surface area contributed by atoms with Gasteiger partial charge >= 0.3 is 5.97 Å². The Morgan fingerprint density at radius 1 is 0.929 bits per heavy atom. The van der Waals surface area contributed by atoms with Gasteiger partial charge in [0.2, 0.25) is 0 Å². The lowest BCUT2D eigenvalue weighted by Crippen LogP contribution is -2.28. The standard InChI is InChI=1S/C20H22O8/c1-26-15-7-10(3-5-13(15)21)18(23)12-9-28-20(25)17(12)19(24)11-4-6-14(22)16(8-11)27-2/h3-8,12,17-19,21-24H,9H2,1-2H3. The highest BCUT2D eigenvalue weighted by Gasteiger charge is 2.46. The smallest absolute Gasteiger partial charge is 0.312 e. The Labute approximate surface area is 161 Å². The molecular weight excluding hydrogens is 368 g/mol. The Bertz CT molecular complexity index is 865. The summed E-state index contributed by atoms with van der Waals surface area (Å²) in [5.41, 5.74) is 0.762. The van der Waals surface area contributed by atoms with Crippen LogP contribution in [0.3, 0.4) is 0 Å². The van der Waals surface area contributed by atoms with Gasteiger partial charge in [0.1, 0.15) is 0 Å². The van der Waals surface area contributed by atoms with E-state index in [0.29, 0.717) is 11.1 Å². The van der Waals surface area contributed by atoms with Gasteiger partial charge in [-0.2, -0.15) is 0 Å². The van der Waals surface area contributed by atoms with Crippen molar-refractivity contribution < 1.29 is 39.4 Å². The molecule has 0 radical (unpaired) electrons. The molecule has 3 rings (SSSR count). The Kier molecular flexibility index (Phi) is 5.62. The number of phenols is 2. The molecule has 0 aliphatic carbocycles. The molecule has 1 saturated heterocycles. The molecular formula is C20H22O8. The van der Waals surface area contributed by atoms with Gasteiger partial charge in [0.05, 0.1) is 39.0 Å². The number of hydrogen-bond donors (Lipinski definition) is 4. The number of esters is 1. The molecule has 1 fully saturated rings. The van der Waals surface area contributed by atoms with E-state index in [2.05, 4.69) is 0 Å². The van der Waals surface area contributed by atoms with Crippen molar-refractivity contribution in [3.05, 3.63) is 47.5 Å². The predicted octanol–water partition coefficient (Wildman–Crippen LogP) is 1.67. The van der Waals surface area contributed by atoms with Gasteiger partial charge in [-0.15, -0.1) is 0 Å². The van der Waals surface area contributed by atoms with E-state index in [9.17, 15) is 25.2 Å². The van der Waals surface area contributed by atoms with Crippen LogP contribution in [0.4, 0.5) is 0 Å². The molecule has 1 aliphatic heterocycles. The number of carbonyl (C=O) groups is 1. The fraction of sp³-hybridized carbons (Fsp3) is 0.350. The summed E-state index contributed by atoms with van der Waals surface area (Å²) in [5, 5.41) is 41.1. The highest BCUT2D eigenvalue weighted by molar-refractivity contribution is 5.76. The quantitative estimate of drug-likeness (QED) is 0.549. The van der Waals surface area contributed by atoms with Crippen LogP contribution in [0.2, 0.25) is 0 Å². The third-order valence-electron chi connectivity index (χ3n) is 4.99. The van der Waals surface area contributed by atoms with Crippen LogP contribution in [-0.2, 0) is 9.53 Å². The lowest BCUT2D eigenvalue weighted by Gasteiger charge is -2.26. The number of aliphatic hydroxyl groups excluding tert-OH is 2. The normalized spacial score (nSPS) is 21.1. The molecule has 2 aromatic rings. The van der Waals surface area contributed by atoms with Gasteiger partial charge in [-0.1, -0.05) is 12.1 Å². The molecule has 8 nitrogen and oxygen atoms in total. The number of benzene rings is 2. The van der Waals surface area contributed by atoms with Crippen molar-refractivity contribution in [1.29, 1.82) is 0 Å². The topological polar surface area (TPSA) is 126 Å². The Morgan fingerprint density at radius 3 is 1.93 bits per heavy atom. The molecule has 4 unspecified atom stereocenters. The molecule has 8 heteroatoms. The average Bonchev–Trinajstić information content (AvgIpc) is 3.09. The minimum atomic E-state index is -1.27. The third-order valence-corrected chi connectivity index (χ3v) is 4.99. The number of carbonyl (C=O) groups excluding carboxylic acids is 1. The number of rotatable bonds is 6. The number of aromatic hydroxyl groups is 2. The second-order valence-corrected chi connectivity index (χ2v) is 6.57. The summed E-state index contributed by atoms with van der Waals surface area (Å²) in [4.78, 5) is 12.3. The number of cyclic esters (lactones) is 1. The molecule has 4 atom stereocenters. The zero-order valence-corrected chi connectivity index (χ0v) is 15.4. The summed E-state index contributed by atoms with van der Waals surface area (Å²) in [6, 6.07) is 8.62. The maximum absolute atomic E-state index is 12.3. The van der Waals surface area contributed by atoms with E-state index in [1.807, 2.05) is 0 Å². The zero-order valence-electron chi connectivity index (χ0n) is 15.4. The molecule has 0 amide bonds. The highest BCUT2D eigenvalue weighted by atomic mass is 16.5. The van der Waals surface area contributed by atoms with Gasteiger partial charge in [0.25, 0.3) is 0 Å². The van der Waals surface area contributed by atoms with Crippen LogP contribution in [0.5, 0.6) is 23.0 Å². The van der Waals surface area contributed by atoms with E-state index < -0.39 is 30.0 Å². The molecule has 1 aliphatic rings. The molecule has 150 valence electrons. The van der Waals surface area contributed by atoms with Gasteiger partial charge in [0, 0.05) is 5.92 Å². The van der Waals surface area contributed by atoms with Crippen molar-refractivity contribution in [2.45, 2.75) is 12.2 Å². The second kappa shape index (κ2) is 7.95. The maximum atomic E-state index is 12.3. The van der Waals surface area contributed by atoms with Crippen LogP contribution < -0.4 is 9.47 Å². The van der Waals surface area contributed by atoms with Crippen molar-refractivity contribution in [3.63, 3.8) is 0 Å². The van der Waals surface area contributed by atoms with Crippen molar-refractivity contribution in [1.82, 2.24) is 0 Å². The molecule has 0 aromatic heterocycles. The fourth-order valence-electron chi connectivity index (χ4n) is 3.41. The molecule has 28 heavy (non-hydrogen) atoms. The van der Waals surface area contributed by atoms with Gasteiger partial charge in [-0.05, 0) is 35.4 Å². The first kappa shape index (κ1) is 19.8. The largest absolute Gasteiger partial charge is 0.504 e. The first-order valence-electron chi connectivity index (χ1n) is 8.64. The number of methoxy groups -OCH3 is 2. The Morgan fingerprint density at radius 2 is 1.43 bits per heavy atom. The Balaban J connectivity index is 1.90. The monoisotopic (exact) mass is 390 g/mol. The van der Waals surface area contributed by atoms with Crippen LogP contribution in [0.1, 0.15) is 23.3 Å². The van der Waals surface area contributed by atoms with Gasteiger partial charge < -0.3 is 34.6 Å². The van der Waals surface area contributed by atoms with Crippen LogP contribution >= 0.6 is 0 Å². The van der Waals surface area contributed by atoms with Crippen molar-refractivity contribution in [2.24, 2.45) is 11.8 Å². The lowest BCUT2D eigenvalue weighted by molar-refractivity contribution is -0.144. The summed E-state index contributed by atoms with van der Waals surface area (Å²) in [6.45, 7) is -0.0693. The zero-order chi connectivity index (χ0) is 20.4. The molecule has 1 heterocycles. The van der Waals surface area contributed by atoms with Gasteiger partial charge in [-0.3, -0.25) is 4.79 Å². The van der Waals surface area contributed by atoms with E-state index in [-0.39, 0.29) is 29.6 Å². The lowest BCUT2D eigenvalue weighted by atomic mass is 9.81. The average molecular weight is 390 g/mol. The highest BCUT2D eigenvalue weighted by Crippen LogP contribution is 2.43. The second-order valence-electron chi connectivity index (χ2n) is 6.57. The van der Waals surface area contributed by atoms with E-state index in [0.717, 1.165) is 0 Å². The first-order valence-corrected chi connectivity index (χ1v) is 8.64. The molecule has 4 N–H and O–H groups in total. The molecule has 0 saturated carbocycles. The third kappa shape index (κ3) is 3.56. The molecule has 0 spiro atoms. The van der Waals surface area contributed by atoms with E-state index in [1.165, 1.54) is 50.6 Å². The summed E-state index contributed by atoms with van der Waals surface area (Å²) in [6.07, 6.45) is -2.41. The van der Waals surface area contributed by atoms with Crippen molar-refractivity contribution >= 4 is 5.97 Å². The summed E-state index contributed by atoms with van der Waals surface area (Å²) in [7, 11) is 2.76. The number of aliphatic hydroxyl groups is 2. The first-order chi connectivity index (χ1) is 13.4. The van der Waals surface area contributed by atoms with Crippen LogP contribution in [-0.4, -0.2) is 47.2 Å².